The summed E-state index contributed by atoms with van der Waals surface area (Å²) in [5.74, 6) is -0.870. The van der Waals surface area contributed by atoms with Crippen LogP contribution in [0.15, 0.2) is 36.4 Å². The number of sulfonamides is 1. The Kier molecular flexibility index (Phi) is 7.06. The van der Waals surface area contributed by atoms with Gasteiger partial charge in [0.2, 0.25) is 15.9 Å². The molecule has 7 heteroatoms. The molecule has 0 aliphatic carbocycles. The normalized spacial score (nSPS) is 13.6. The second kappa shape index (κ2) is 8.95. The number of halogens is 1. The summed E-state index contributed by atoms with van der Waals surface area (Å²) in [5.41, 5.74) is 4.61. The van der Waals surface area contributed by atoms with E-state index in [2.05, 4.69) is 11.4 Å². The fraction of sp³-hybridized carbons (Fsp3) is 0.409. The molecule has 0 aromatic heterocycles. The number of amides is 1. The molecule has 158 valence electrons. The van der Waals surface area contributed by atoms with Crippen LogP contribution < -0.4 is 9.62 Å². The van der Waals surface area contributed by atoms with Gasteiger partial charge in [-0.2, -0.15) is 0 Å². The van der Waals surface area contributed by atoms with Crippen molar-refractivity contribution in [2.24, 2.45) is 0 Å². The van der Waals surface area contributed by atoms with Crippen molar-refractivity contribution < 1.29 is 17.6 Å². The molecule has 2 aromatic carbocycles. The van der Waals surface area contributed by atoms with Gasteiger partial charge < -0.3 is 5.32 Å². The first-order valence-corrected chi connectivity index (χ1v) is 11.4. The molecule has 0 saturated carbocycles. The van der Waals surface area contributed by atoms with Crippen LogP contribution in [0.2, 0.25) is 0 Å². The molecule has 0 spiro atoms. The van der Waals surface area contributed by atoms with E-state index >= 15 is 0 Å². The van der Waals surface area contributed by atoms with Crippen LogP contribution in [0.1, 0.15) is 48.6 Å². The van der Waals surface area contributed by atoms with Crippen LogP contribution in [0.4, 0.5) is 10.1 Å². The molecule has 0 heterocycles. The van der Waals surface area contributed by atoms with Gasteiger partial charge >= 0.3 is 0 Å². The number of nitrogens with zero attached hydrogens (tertiary/aromatic N) is 1. The van der Waals surface area contributed by atoms with Crippen molar-refractivity contribution in [1.82, 2.24) is 5.32 Å². The van der Waals surface area contributed by atoms with E-state index in [0.29, 0.717) is 0 Å². The minimum absolute atomic E-state index is 0.255. The number of hydrogen-bond acceptors (Lipinski definition) is 3. The lowest BCUT2D eigenvalue weighted by Gasteiger charge is -2.31. The van der Waals surface area contributed by atoms with Crippen LogP contribution in [0, 0.1) is 26.6 Å². The maximum absolute atomic E-state index is 13.3. The molecule has 0 unspecified atom stereocenters. The van der Waals surface area contributed by atoms with Gasteiger partial charge in [0, 0.05) is 0 Å². The van der Waals surface area contributed by atoms with Crippen molar-refractivity contribution in [2.45, 2.75) is 53.1 Å². The number of benzene rings is 2. The lowest BCUT2D eigenvalue weighted by atomic mass is 9.96. The van der Waals surface area contributed by atoms with Crippen LogP contribution in [0.5, 0.6) is 0 Å². The summed E-state index contributed by atoms with van der Waals surface area (Å²) < 4.78 is 39.3. The second-order valence-corrected chi connectivity index (χ2v) is 9.34. The average molecular weight is 421 g/mol. The molecule has 2 aromatic rings. The van der Waals surface area contributed by atoms with Gasteiger partial charge in [0.15, 0.2) is 0 Å². The molecule has 0 aliphatic rings. The number of nitrogens with one attached hydrogen (secondary N) is 1. The number of hydrogen-bond donors (Lipinski definition) is 1. The first kappa shape index (κ1) is 22.9. The topological polar surface area (TPSA) is 66.5 Å². The van der Waals surface area contributed by atoms with Crippen molar-refractivity contribution in [3.05, 3.63) is 64.5 Å². The van der Waals surface area contributed by atoms with Gasteiger partial charge in [-0.3, -0.25) is 9.10 Å². The molecule has 29 heavy (non-hydrogen) atoms. The first-order valence-electron chi connectivity index (χ1n) is 9.58. The van der Waals surface area contributed by atoms with Crippen LogP contribution in [-0.2, 0) is 14.8 Å². The molecule has 1 N–H and O–H groups in total. The zero-order valence-corrected chi connectivity index (χ0v) is 18.6. The van der Waals surface area contributed by atoms with Gasteiger partial charge in [-0.25, -0.2) is 12.8 Å². The van der Waals surface area contributed by atoms with Crippen molar-refractivity contribution in [2.75, 3.05) is 10.6 Å². The fourth-order valence-electron chi connectivity index (χ4n) is 3.48. The molecular formula is C22H29FN2O3S. The molecule has 2 atom stereocenters. The highest BCUT2D eigenvalue weighted by Gasteiger charge is 2.32. The SMILES string of the molecule is CC[C@H](C(=O)N[C@@H](C)c1cc(C)c(C)cc1C)N(c1ccc(F)cc1)S(C)(=O)=O. The van der Waals surface area contributed by atoms with E-state index < -0.39 is 27.8 Å². The summed E-state index contributed by atoms with van der Waals surface area (Å²) in [6.07, 6.45) is 1.32. The molecular weight excluding hydrogens is 391 g/mol. The molecule has 0 fully saturated rings. The minimum Gasteiger partial charge on any atom is -0.348 e. The van der Waals surface area contributed by atoms with E-state index in [1.54, 1.807) is 6.92 Å². The number of aryl methyl sites for hydroxylation is 3. The van der Waals surface area contributed by atoms with Crippen molar-refractivity contribution >= 4 is 21.6 Å². The number of anilines is 1. The largest absolute Gasteiger partial charge is 0.348 e. The molecule has 0 radical (unpaired) electrons. The zero-order valence-electron chi connectivity index (χ0n) is 17.8. The molecule has 2 rings (SSSR count). The summed E-state index contributed by atoms with van der Waals surface area (Å²) in [6, 6.07) is 7.98. The number of carbonyl (C=O) groups excluding carboxylic acids is 1. The molecule has 0 saturated heterocycles. The molecule has 0 bridgehead atoms. The lowest BCUT2D eigenvalue weighted by Crippen LogP contribution is -2.49. The van der Waals surface area contributed by atoms with E-state index in [0.717, 1.165) is 27.3 Å². The Balaban J connectivity index is 2.34. The predicted molar refractivity (Wildman–Crippen MR) is 115 cm³/mol. The molecule has 0 aliphatic heterocycles. The maximum Gasteiger partial charge on any atom is 0.244 e. The smallest absolute Gasteiger partial charge is 0.244 e. The van der Waals surface area contributed by atoms with Gasteiger partial charge in [-0.05, 0) is 80.6 Å². The van der Waals surface area contributed by atoms with E-state index in [1.165, 1.54) is 29.8 Å². The summed E-state index contributed by atoms with van der Waals surface area (Å²) in [6.45, 7) is 9.67. The van der Waals surface area contributed by atoms with E-state index in [4.69, 9.17) is 0 Å². The van der Waals surface area contributed by atoms with Gasteiger partial charge in [0.1, 0.15) is 11.9 Å². The lowest BCUT2D eigenvalue weighted by molar-refractivity contribution is -0.122. The van der Waals surface area contributed by atoms with E-state index in [9.17, 15) is 17.6 Å². The summed E-state index contributed by atoms with van der Waals surface area (Å²) >= 11 is 0. The Morgan fingerprint density at radius 1 is 1.07 bits per heavy atom. The van der Waals surface area contributed by atoms with Crippen LogP contribution in [0.25, 0.3) is 0 Å². The third-order valence-corrected chi connectivity index (χ3v) is 6.30. The van der Waals surface area contributed by atoms with Gasteiger partial charge in [-0.1, -0.05) is 19.1 Å². The Labute approximate surface area is 173 Å². The number of carbonyl (C=O) groups is 1. The second-order valence-electron chi connectivity index (χ2n) is 7.48. The highest BCUT2D eigenvalue weighted by atomic mass is 32.2. The van der Waals surface area contributed by atoms with Gasteiger partial charge in [0.25, 0.3) is 0 Å². The first-order chi connectivity index (χ1) is 13.5. The zero-order chi connectivity index (χ0) is 21.9. The predicted octanol–water partition coefficient (Wildman–Crippen LogP) is 4.17. The van der Waals surface area contributed by atoms with Crippen molar-refractivity contribution in [1.29, 1.82) is 0 Å². The fourth-order valence-corrected chi connectivity index (χ4v) is 4.70. The molecule has 5 nitrogen and oxygen atoms in total. The third-order valence-electron chi connectivity index (χ3n) is 5.12. The van der Waals surface area contributed by atoms with Gasteiger partial charge in [-0.15, -0.1) is 0 Å². The Hall–Kier alpha value is -2.41. The standard InChI is InChI=1S/C22H29FN2O3S/c1-7-21(25(29(6,27)28)19-10-8-18(23)9-11-19)22(26)24-17(5)20-13-15(3)14(2)12-16(20)4/h8-13,17,21H,7H2,1-6H3,(H,24,26)/t17-,21+/m0/s1. The number of rotatable bonds is 7. The summed E-state index contributed by atoms with van der Waals surface area (Å²) in [5, 5.41) is 2.95. The monoisotopic (exact) mass is 420 g/mol. The van der Waals surface area contributed by atoms with Crippen LogP contribution >= 0.6 is 0 Å². The summed E-state index contributed by atoms with van der Waals surface area (Å²) in [7, 11) is -3.76. The highest BCUT2D eigenvalue weighted by Crippen LogP contribution is 2.25. The highest BCUT2D eigenvalue weighted by molar-refractivity contribution is 7.92. The average Bonchev–Trinajstić information content (AvgIpc) is 2.62. The van der Waals surface area contributed by atoms with Crippen LogP contribution in [0.3, 0.4) is 0 Å². The minimum atomic E-state index is -3.76. The molecule has 1 amide bonds. The van der Waals surface area contributed by atoms with Crippen molar-refractivity contribution in [3.8, 4) is 0 Å². The van der Waals surface area contributed by atoms with Crippen molar-refractivity contribution in [3.63, 3.8) is 0 Å². The maximum atomic E-state index is 13.3. The quantitative estimate of drug-likeness (QED) is 0.731. The Bertz CT molecular complexity index is 988. The Morgan fingerprint density at radius 3 is 2.14 bits per heavy atom. The Morgan fingerprint density at radius 2 is 1.62 bits per heavy atom. The summed E-state index contributed by atoms with van der Waals surface area (Å²) in [4.78, 5) is 13.1. The van der Waals surface area contributed by atoms with Gasteiger partial charge in [0.05, 0.1) is 18.0 Å². The third kappa shape index (κ3) is 5.35. The van der Waals surface area contributed by atoms with E-state index in [-0.39, 0.29) is 18.2 Å². The van der Waals surface area contributed by atoms with E-state index in [1.807, 2.05) is 33.8 Å². The van der Waals surface area contributed by atoms with Crippen LogP contribution in [-0.4, -0.2) is 26.6 Å².